The zero-order valence-corrected chi connectivity index (χ0v) is 17.4. The van der Waals surface area contributed by atoms with E-state index in [2.05, 4.69) is 10.2 Å². The van der Waals surface area contributed by atoms with Crippen LogP contribution in [0.1, 0.15) is 11.1 Å². The maximum atomic E-state index is 13.3. The molecule has 0 aliphatic heterocycles. The SMILES string of the molecule is Cc1ccc2c(CSc3nnc(-c4ccc(F)cc4)c4ccccc34)cc(=O)oc2c1. The van der Waals surface area contributed by atoms with Crippen LogP contribution in [0.5, 0.6) is 0 Å². The van der Waals surface area contributed by atoms with Gasteiger partial charge in [0.2, 0.25) is 0 Å². The summed E-state index contributed by atoms with van der Waals surface area (Å²) in [7, 11) is 0. The molecule has 0 saturated heterocycles. The summed E-state index contributed by atoms with van der Waals surface area (Å²) in [5.74, 6) is 0.266. The van der Waals surface area contributed by atoms with Crippen molar-refractivity contribution in [1.29, 1.82) is 0 Å². The molecule has 0 spiro atoms. The molecule has 0 N–H and O–H groups in total. The Balaban J connectivity index is 1.54. The van der Waals surface area contributed by atoms with Gasteiger partial charge in [0.1, 0.15) is 22.1 Å². The van der Waals surface area contributed by atoms with E-state index in [0.29, 0.717) is 17.0 Å². The van der Waals surface area contributed by atoms with E-state index in [-0.39, 0.29) is 11.4 Å². The number of fused-ring (bicyclic) bond motifs is 2. The Morgan fingerprint density at radius 3 is 2.48 bits per heavy atom. The van der Waals surface area contributed by atoms with Crippen molar-refractivity contribution >= 4 is 33.5 Å². The number of hydrogen-bond acceptors (Lipinski definition) is 5. The minimum absolute atomic E-state index is 0.289. The lowest BCUT2D eigenvalue weighted by Gasteiger charge is -2.10. The van der Waals surface area contributed by atoms with Gasteiger partial charge in [0.15, 0.2) is 0 Å². The highest BCUT2D eigenvalue weighted by Gasteiger charge is 2.13. The van der Waals surface area contributed by atoms with Gasteiger partial charge in [-0.3, -0.25) is 0 Å². The minimum Gasteiger partial charge on any atom is -0.423 e. The van der Waals surface area contributed by atoms with Crippen molar-refractivity contribution in [3.05, 3.63) is 100 Å². The summed E-state index contributed by atoms with van der Waals surface area (Å²) in [5, 5.41) is 12.5. The maximum Gasteiger partial charge on any atom is 0.336 e. The maximum absolute atomic E-state index is 13.3. The number of thioether (sulfide) groups is 1. The number of benzene rings is 3. The molecule has 2 heterocycles. The van der Waals surface area contributed by atoms with Crippen LogP contribution in [-0.2, 0) is 5.75 Å². The van der Waals surface area contributed by atoms with Gasteiger partial charge in [-0.25, -0.2) is 9.18 Å². The number of nitrogens with zero attached hydrogens (tertiary/aromatic N) is 2. The van der Waals surface area contributed by atoms with E-state index in [1.165, 1.54) is 30.0 Å². The van der Waals surface area contributed by atoms with Crippen LogP contribution in [0.15, 0.2) is 87.0 Å². The minimum atomic E-state index is -0.365. The lowest BCUT2D eigenvalue weighted by molar-refractivity contribution is 0.559. The average Bonchev–Trinajstić information content (AvgIpc) is 2.77. The molecular formula is C25H17FN2O2S. The van der Waals surface area contributed by atoms with Crippen molar-refractivity contribution in [2.24, 2.45) is 0 Å². The van der Waals surface area contributed by atoms with Gasteiger partial charge in [0.25, 0.3) is 0 Å². The van der Waals surface area contributed by atoms with E-state index < -0.39 is 0 Å². The second-order valence-corrected chi connectivity index (χ2v) is 8.25. The zero-order valence-electron chi connectivity index (χ0n) is 16.6. The van der Waals surface area contributed by atoms with Crippen LogP contribution in [0, 0.1) is 12.7 Å². The lowest BCUT2D eigenvalue weighted by atomic mass is 10.1. The molecule has 2 aromatic heterocycles. The third-order valence-corrected chi connectivity index (χ3v) is 6.15. The standard InChI is InChI=1S/C25H17FN2O2S/c1-15-6-11-19-17(13-23(29)30-22(19)12-15)14-31-25-21-5-3-2-4-20(21)24(27-28-25)16-7-9-18(26)10-8-16/h2-13H,14H2,1H3. The molecule has 3 aromatic carbocycles. The first kappa shape index (κ1) is 19.5. The summed E-state index contributed by atoms with van der Waals surface area (Å²) in [4.78, 5) is 12.0. The van der Waals surface area contributed by atoms with E-state index in [9.17, 15) is 9.18 Å². The van der Waals surface area contributed by atoms with Crippen LogP contribution in [-0.4, -0.2) is 10.2 Å². The highest BCUT2D eigenvalue weighted by molar-refractivity contribution is 7.98. The number of halogens is 1. The summed E-state index contributed by atoms with van der Waals surface area (Å²) >= 11 is 1.52. The predicted octanol–water partition coefficient (Wildman–Crippen LogP) is 6.14. The largest absolute Gasteiger partial charge is 0.423 e. The van der Waals surface area contributed by atoms with Crippen molar-refractivity contribution in [3.8, 4) is 11.3 Å². The molecule has 152 valence electrons. The Kier molecular flexibility index (Phi) is 5.00. The Morgan fingerprint density at radius 1 is 0.903 bits per heavy atom. The zero-order chi connectivity index (χ0) is 21.4. The molecule has 0 atom stereocenters. The fourth-order valence-corrected chi connectivity index (χ4v) is 4.57. The number of aryl methyl sites for hydroxylation is 1. The smallest absolute Gasteiger partial charge is 0.336 e. The van der Waals surface area contributed by atoms with Gasteiger partial charge in [0, 0.05) is 33.5 Å². The summed E-state index contributed by atoms with van der Waals surface area (Å²) in [5.41, 5.74) is 3.67. The van der Waals surface area contributed by atoms with E-state index >= 15 is 0 Å². The van der Waals surface area contributed by atoms with Crippen molar-refractivity contribution in [1.82, 2.24) is 10.2 Å². The summed E-state index contributed by atoms with van der Waals surface area (Å²) in [6, 6.07) is 21.5. The van der Waals surface area contributed by atoms with E-state index in [1.54, 1.807) is 12.1 Å². The number of aromatic nitrogens is 2. The Labute approximate surface area is 181 Å². The van der Waals surface area contributed by atoms with Crippen molar-refractivity contribution in [3.63, 3.8) is 0 Å². The molecule has 5 aromatic rings. The van der Waals surface area contributed by atoms with Crippen LogP contribution in [0.2, 0.25) is 0 Å². The first-order valence-electron chi connectivity index (χ1n) is 9.76. The fourth-order valence-electron chi connectivity index (χ4n) is 3.61. The first-order chi connectivity index (χ1) is 15.1. The van der Waals surface area contributed by atoms with Crippen molar-refractivity contribution in [2.45, 2.75) is 17.7 Å². The van der Waals surface area contributed by atoms with Crippen LogP contribution in [0.4, 0.5) is 4.39 Å². The quantitative estimate of drug-likeness (QED) is 0.254. The third kappa shape index (κ3) is 3.82. The summed E-state index contributed by atoms with van der Waals surface area (Å²) < 4.78 is 18.7. The van der Waals surface area contributed by atoms with Gasteiger partial charge in [-0.15, -0.1) is 10.2 Å². The molecule has 0 aliphatic carbocycles. The van der Waals surface area contributed by atoms with Crippen LogP contribution in [0.25, 0.3) is 33.0 Å². The summed E-state index contributed by atoms with van der Waals surface area (Å²) in [6.07, 6.45) is 0. The Morgan fingerprint density at radius 2 is 1.68 bits per heavy atom. The summed E-state index contributed by atoms with van der Waals surface area (Å²) in [6.45, 7) is 1.96. The highest BCUT2D eigenvalue weighted by atomic mass is 32.2. The number of rotatable bonds is 4. The van der Waals surface area contributed by atoms with Crippen LogP contribution >= 0.6 is 11.8 Å². The predicted molar refractivity (Wildman–Crippen MR) is 122 cm³/mol. The monoisotopic (exact) mass is 428 g/mol. The van der Waals surface area contributed by atoms with Gasteiger partial charge in [-0.05, 0) is 48.4 Å². The normalized spacial score (nSPS) is 11.3. The molecule has 4 nitrogen and oxygen atoms in total. The van der Waals surface area contributed by atoms with Gasteiger partial charge in [-0.1, -0.05) is 48.2 Å². The van der Waals surface area contributed by atoms with Gasteiger partial charge in [0.05, 0.1) is 0 Å². The molecule has 0 fully saturated rings. The third-order valence-electron chi connectivity index (χ3n) is 5.12. The second kappa shape index (κ2) is 7.96. The van der Waals surface area contributed by atoms with E-state index in [4.69, 9.17) is 4.42 Å². The molecule has 0 amide bonds. The Hall–Kier alpha value is -3.51. The Bertz CT molecular complexity index is 1480. The van der Waals surface area contributed by atoms with E-state index in [1.807, 2.05) is 49.4 Å². The number of hydrogen-bond donors (Lipinski definition) is 0. The molecule has 6 heteroatoms. The fraction of sp³-hybridized carbons (Fsp3) is 0.0800. The molecule has 31 heavy (non-hydrogen) atoms. The molecular weight excluding hydrogens is 411 g/mol. The lowest BCUT2D eigenvalue weighted by Crippen LogP contribution is -2.00. The van der Waals surface area contributed by atoms with Crippen molar-refractivity contribution in [2.75, 3.05) is 0 Å². The van der Waals surface area contributed by atoms with Crippen LogP contribution in [0.3, 0.4) is 0 Å². The second-order valence-electron chi connectivity index (χ2n) is 7.29. The topological polar surface area (TPSA) is 56.0 Å². The highest BCUT2D eigenvalue weighted by Crippen LogP contribution is 2.34. The van der Waals surface area contributed by atoms with Gasteiger partial charge < -0.3 is 4.42 Å². The van der Waals surface area contributed by atoms with Crippen LogP contribution < -0.4 is 5.63 Å². The van der Waals surface area contributed by atoms with E-state index in [0.717, 1.165) is 37.9 Å². The molecule has 0 unspecified atom stereocenters. The first-order valence-corrected chi connectivity index (χ1v) is 10.7. The molecule has 0 radical (unpaired) electrons. The average molecular weight is 428 g/mol. The van der Waals surface area contributed by atoms with Gasteiger partial charge in [-0.2, -0.15) is 0 Å². The molecule has 0 bridgehead atoms. The van der Waals surface area contributed by atoms with Crippen molar-refractivity contribution < 1.29 is 8.81 Å². The molecule has 5 rings (SSSR count). The molecule has 0 saturated carbocycles. The molecule has 0 aliphatic rings. The van der Waals surface area contributed by atoms with Gasteiger partial charge >= 0.3 is 5.63 Å².